The van der Waals surface area contributed by atoms with Gasteiger partial charge in [-0.1, -0.05) is 20.3 Å². The Balaban J connectivity index is 2.00. The zero-order valence-electron chi connectivity index (χ0n) is 13.8. The Morgan fingerprint density at radius 1 is 1.52 bits per heavy atom. The fourth-order valence-corrected chi connectivity index (χ4v) is 3.05. The molecule has 0 spiro atoms. The van der Waals surface area contributed by atoms with Gasteiger partial charge in [-0.2, -0.15) is 0 Å². The van der Waals surface area contributed by atoms with Gasteiger partial charge in [-0.05, 0) is 39.0 Å². The summed E-state index contributed by atoms with van der Waals surface area (Å²) in [5.74, 6) is 0. The fourth-order valence-electron chi connectivity index (χ4n) is 3.05. The molecule has 1 N–H and O–H groups in total. The molecule has 5 nitrogen and oxygen atoms in total. The van der Waals surface area contributed by atoms with Crippen molar-refractivity contribution in [1.29, 1.82) is 0 Å². The zero-order valence-corrected chi connectivity index (χ0v) is 13.8. The number of ether oxygens (including phenoxy) is 1. The van der Waals surface area contributed by atoms with Crippen LogP contribution in [-0.4, -0.2) is 21.2 Å². The first-order valence-corrected chi connectivity index (χ1v) is 7.67. The number of carbonyl (C=O) groups is 1. The summed E-state index contributed by atoms with van der Waals surface area (Å²) in [5.41, 5.74) is 0.833. The summed E-state index contributed by atoms with van der Waals surface area (Å²) in [5, 5.41) is 2.81. The van der Waals surface area contributed by atoms with E-state index in [1.165, 1.54) is 19.3 Å². The highest BCUT2D eigenvalue weighted by molar-refractivity contribution is 5.67. The van der Waals surface area contributed by atoms with Crippen molar-refractivity contribution >= 4 is 6.09 Å². The molecule has 0 aliphatic heterocycles. The van der Waals surface area contributed by atoms with Gasteiger partial charge in [0.25, 0.3) is 0 Å². The Labute approximate surface area is 127 Å². The van der Waals surface area contributed by atoms with Gasteiger partial charge in [-0.3, -0.25) is 0 Å². The van der Waals surface area contributed by atoms with E-state index in [1.807, 2.05) is 33.3 Å². The number of nitrogens with one attached hydrogen (secondary N) is 1. The van der Waals surface area contributed by atoms with Crippen LogP contribution >= 0.6 is 0 Å². The Morgan fingerprint density at radius 3 is 2.81 bits per heavy atom. The van der Waals surface area contributed by atoms with E-state index in [1.54, 1.807) is 0 Å². The standard InChI is InChI=1S/C16H27N3O2/c1-15(2,3)21-14(20)18-10-12-9-17-11-19(12)13-7-6-8-16(13,4)5/h9,11,13H,6-8,10H2,1-5H3,(H,18,20). The number of carbonyl (C=O) groups excluding carboxylic acids is 1. The Hall–Kier alpha value is -1.52. The summed E-state index contributed by atoms with van der Waals surface area (Å²) in [6.07, 6.45) is 6.96. The Morgan fingerprint density at radius 2 is 2.24 bits per heavy atom. The second-order valence-corrected chi connectivity index (χ2v) is 7.54. The number of imidazole rings is 1. The van der Waals surface area contributed by atoms with E-state index in [2.05, 4.69) is 28.7 Å². The van der Waals surface area contributed by atoms with Crippen molar-refractivity contribution in [3.05, 3.63) is 18.2 Å². The zero-order chi connectivity index (χ0) is 15.7. The lowest BCUT2D eigenvalue weighted by molar-refractivity contribution is 0.0522. The number of rotatable bonds is 3. The molecule has 1 fully saturated rings. The molecule has 1 saturated carbocycles. The summed E-state index contributed by atoms with van der Waals surface area (Å²) >= 11 is 0. The van der Waals surface area contributed by atoms with Crippen LogP contribution in [0.2, 0.25) is 0 Å². The Bertz CT molecular complexity index is 500. The molecule has 1 aromatic rings. The van der Waals surface area contributed by atoms with Crippen molar-refractivity contribution in [3.63, 3.8) is 0 Å². The van der Waals surface area contributed by atoms with Crippen molar-refractivity contribution in [2.24, 2.45) is 5.41 Å². The van der Waals surface area contributed by atoms with Crippen LogP contribution in [0.3, 0.4) is 0 Å². The van der Waals surface area contributed by atoms with E-state index >= 15 is 0 Å². The van der Waals surface area contributed by atoms with Gasteiger partial charge in [0, 0.05) is 12.2 Å². The molecule has 118 valence electrons. The van der Waals surface area contributed by atoms with Crippen LogP contribution in [0.25, 0.3) is 0 Å². The molecule has 21 heavy (non-hydrogen) atoms. The first-order valence-electron chi connectivity index (χ1n) is 7.67. The van der Waals surface area contributed by atoms with Gasteiger partial charge >= 0.3 is 6.09 Å². The number of nitrogens with zero attached hydrogens (tertiary/aromatic N) is 2. The van der Waals surface area contributed by atoms with Crippen LogP contribution in [0.5, 0.6) is 0 Å². The van der Waals surface area contributed by atoms with Crippen molar-refractivity contribution in [1.82, 2.24) is 14.9 Å². The van der Waals surface area contributed by atoms with E-state index in [-0.39, 0.29) is 11.5 Å². The summed E-state index contributed by atoms with van der Waals surface area (Å²) in [6.45, 7) is 10.6. The van der Waals surface area contributed by atoms with Crippen molar-refractivity contribution in [2.45, 2.75) is 72.1 Å². The molecule has 1 atom stereocenters. The maximum atomic E-state index is 11.8. The van der Waals surface area contributed by atoms with Gasteiger partial charge < -0.3 is 14.6 Å². The first-order chi connectivity index (χ1) is 9.69. The molecule has 5 heteroatoms. The van der Waals surface area contributed by atoms with Gasteiger partial charge in [-0.25, -0.2) is 9.78 Å². The smallest absolute Gasteiger partial charge is 0.407 e. The number of aromatic nitrogens is 2. The van der Waals surface area contributed by atoms with E-state index in [4.69, 9.17) is 4.74 Å². The summed E-state index contributed by atoms with van der Waals surface area (Å²) in [7, 11) is 0. The minimum atomic E-state index is -0.474. The summed E-state index contributed by atoms with van der Waals surface area (Å²) in [6, 6.07) is 0.454. The van der Waals surface area contributed by atoms with Gasteiger partial charge in [0.15, 0.2) is 0 Å². The highest BCUT2D eigenvalue weighted by atomic mass is 16.6. The number of amides is 1. The molecule has 1 heterocycles. The third-order valence-electron chi connectivity index (χ3n) is 4.10. The molecule has 0 saturated heterocycles. The SMILES string of the molecule is CC(C)(C)OC(=O)NCc1cncn1C1CCCC1(C)C. The van der Waals surface area contributed by atoms with E-state index in [9.17, 15) is 4.79 Å². The lowest BCUT2D eigenvalue weighted by atomic mass is 9.87. The molecule has 1 unspecified atom stereocenters. The van der Waals surface area contributed by atoms with Crippen LogP contribution in [0.1, 0.15) is 65.6 Å². The molecule has 2 rings (SSSR count). The van der Waals surface area contributed by atoms with Gasteiger partial charge in [-0.15, -0.1) is 0 Å². The van der Waals surface area contributed by atoms with Gasteiger partial charge in [0.2, 0.25) is 0 Å². The number of hydrogen-bond donors (Lipinski definition) is 1. The summed E-state index contributed by atoms with van der Waals surface area (Å²) in [4.78, 5) is 16.0. The predicted molar refractivity (Wildman–Crippen MR) is 82.0 cm³/mol. The lowest BCUT2D eigenvalue weighted by Gasteiger charge is -2.29. The second-order valence-electron chi connectivity index (χ2n) is 7.54. The van der Waals surface area contributed by atoms with Crippen LogP contribution < -0.4 is 5.32 Å². The topological polar surface area (TPSA) is 56.1 Å². The van der Waals surface area contributed by atoms with E-state index in [0.29, 0.717) is 12.6 Å². The minimum absolute atomic E-state index is 0.279. The van der Waals surface area contributed by atoms with Crippen molar-refractivity contribution in [2.75, 3.05) is 0 Å². The molecular weight excluding hydrogens is 266 g/mol. The monoisotopic (exact) mass is 293 g/mol. The highest BCUT2D eigenvalue weighted by Gasteiger charge is 2.36. The predicted octanol–water partition coefficient (Wildman–Crippen LogP) is 3.66. The van der Waals surface area contributed by atoms with Gasteiger partial charge in [0.1, 0.15) is 5.60 Å². The highest BCUT2D eigenvalue weighted by Crippen LogP contribution is 2.46. The maximum Gasteiger partial charge on any atom is 0.407 e. The quantitative estimate of drug-likeness (QED) is 0.925. The maximum absolute atomic E-state index is 11.8. The molecule has 1 aliphatic carbocycles. The van der Waals surface area contributed by atoms with E-state index < -0.39 is 5.60 Å². The average molecular weight is 293 g/mol. The first kappa shape index (κ1) is 15.9. The molecule has 0 radical (unpaired) electrons. The van der Waals surface area contributed by atoms with Crippen LogP contribution in [0.15, 0.2) is 12.5 Å². The molecule has 1 amide bonds. The molecular formula is C16H27N3O2. The number of alkyl carbamates (subject to hydrolysis) is 1. The summed E-state index contributed by atoms with van der Waals surface area (Å²) < 4.78 is 7.48. The van der Waals surface area contributed by atoms with Crippen LogP contribution in [-0.2, 0) is 11.3 Å². The Kier molecular flexibility index (Phi) is 4.30. The van der Waals surface area contributed by atoms with Gasteiger partial charge in [0.05, 0.1) is 18.6 Å². The van der Waals surface area contributed by atoms with E-state index in [0.717, 1.165) is 5.69 Å². The molecule has 0 aromatic carbocycles. The lowest BCUT2D eigenvalue weighted by Crippen LogP contribution is -2.33. The molecule has 0 bridgehead atoms. The molecule has 1 aliphatic rings. The normalized spacial score (nSPS) is 21.3. The third kappa shape index (κ3) is 3.99. The fraction of sp³-hybridized carbons (Fsp3) is 0.750. The average Bonchev–Trinajstić information content (AvgIpc) is 2.89. The third-order valence-corrected chi connectivity index (χ3v) is 4.10. The number of hydrogen-bond acceptors (Lipinski definition) is 3. The van der Waals surface area contributed by atoms with Crippen molar-refractivity contribution in [3.8, 4) is 0 Å². The minimum Gasteiger partial charge on any atom is -0.444 e. The van der Waals surface area contributed by atoms with Crippen LogP contribution in [0, 0.1) is 5.41 Å². The second kappa shape index (κ2) is 5.70. The molecule has 1 aromatic heterocycles. The van der Waals surface area contributed by atoms with Crippen LogP contribution in [0.4, 0.5) is 4.79 Å². The van der Waals surface area contributed by atoms with Crippen molar-refractivity contribution < 1.29 is 9.53 Å². The largest absolute Gasteiger partial charge is 0.444 e.